The molecule has 0 fully saturated rings. The Morgan fingerprint density at radius 3 is 2.21 bits per heavy atom. The Morgan fingerprint density at radius 2 is 1.68 bits per heavy atom. The number of amides is 1. The number of ether oxygens (including phenoxy) is 2. The fraction of sp³-hybridized carbons (Fsp3) is 0.278. The molecule has 2 aromatic carbocycles. The second-order valence-electron chi connectivity index (χ2n) is 5.89. The number of methoxy groups -OCH3 is 2. The second kappa shape index (κ2) is 8.89. The Bertz CT molecular complexity index is 982. The highest BCUT2D eigenvalue weighted by Crippen LogP contribution is 2.32. The van der Waals surface area contributed by atoms with Gasteiger partial charge in [-0.05, 0) is 43.3 Å². The van der Waals surface area contributed by atoms with E-state index in [0.717, 1.165) is 10.6 Å². The van der Waals surface area contributed by atoms with E-state index in [-0.39, 0.29) is 10.7 Å². The maximum absolute atomic E-state index is 12.8. The molecule has 0 spiro atoms. The van der Waals surface area contributed by atoms with Gasteiger partial charge in [0.15, 0.2) is 0 Å². The van der Waals surface area contributed by atoms with Gasteiger partial charge in [0.25, 0.3) is 0 Å². The van der Waals surface area contributed by atoms with Crippen molar-refractivity contribution in [3.05, 3.63) is 46.4 Å². The number of nitrogens with one attached hydrogen (secondary N) is 1. The third kappa shape index (κ3) is 5.01. The fourth-order valence-electron chi connectivity index (χ4n) is 2.62. The molecule has 1 N–H and O–H groups in total. The van der Waals surface area contributed by atoms with Crippen LogP contribution in [-0.4, -0.2) is 40.8 Å². The van der Waals surface area contributed by atoms with E-state index < -0.39 is 22.0 Å². The van der Waals surface area contributed by atoms with Crippen LogP contribution in [0.4, 0.5) is 11.4 Å². The van der Waals surface area contributed by atoms with Gasteiger partial charge in [0, 0.05) is 5.02 Å². The van der Waals surface area contributed by atoms with Crippen LogP contribution in [0, 0.1) is 0 Å². The van der Waals surface area contributed by atoms with Crippen molar-refractivity contribution in [3.8, 4) is 11.5 Å². The predicted molar refractivity (Wildman–Crippen MR) is 111 cm³/mol. The fourth-order valence-corrected chi connectivity index (χ4v) is 4.21. The topological polar surface area (TPSA) is 84.9 Å². The van der Waals surface area contributed by atoms with E-state index in [9.17, 15) is 13.2 Å². The Labute approximate surface area is 174 Å². The molecule has 152 valence electrons. The number of hydrogen-bond donors (Lipinski definition) is 1. The zero-order valence-electron chi connectivity index (χ0n) is 15.7. The molecule has 0 heterocycles. The summed E-state index contributed by atoms with van der Waals surface area (Å²) in [5, 5.41) is 3.26. The van der Waals surface area contributed by atoms with Gasteiger partial charge < -0.3 is 14.8 Å². The molecule has 0 aliphatic heterocycles. The van der Waals surface area contributed by atoms with Gasteiger partial charge in [0.1, 0.15) is 17.5 Å². The summed E-state index contributed by atoms with van der Waals surface area (Å²) in [5.41, 5.74) is 0.557. The molecule has 0 radical (unpaired) electrons. The zero-order chi connectivity index (χ0) is 21.1. The summed E-state index contributed by atoms with van der Waals surface area (Å²) < 4.78 is 36.1. The maximum atomic E-state index is 12.8. The zero-order valence-corrected chi connectivity index (χ0v) is 18.0. The molecular formula is C18H20Cl2N2O5S. The standard InChI is InChI=1S/C18H20Cl2N2O5S/c1-11(18(23)21-15-9-12(19)5-7-17(15)27-3)22(28(4,24)25)13-6-8-16(26-2)14(20)10-13/h5-11H,1-4H3,(H,21,23)/t11-/m0/s1. The van der Waals surface area contributed by atoms with Crippen LogP contribution in [0.3, 0.4) is 0 Å². The van der Waals surface area contributed by atoms with Crippen LogP contribution in [0.25, 0.3) is 0 Å². The molecule has 10 heteroatoms. The lowest BCUT2D eigenvalue weighted by molar-refractivity contribution is -0.116. The molecule has 0 bridgehead atoms. The first kappa shape index (κ1) is 22.1. The highest BCUT2D eigenvalue weighted by atomic mass is 35.5. The molecule has 1 amide bonds. The Hall–Kier alpha value is -2.16. The Morgan fingerprint density at radius 1 is 1.07 bits per heavy atom. The molecule has 0 saturated heterocycles. The smallest absolute Gasteiger partial charge is 0.248 e. The summed E-state index contributed by atoms with van der Waals surface area (Å²) in [4.78, 5) is 12.8. The first-order chi connectivity index (χ1) is 13.1. The summed E-state index contributed by atoms with van der Waals surface area (Å²) in [5.74, 6) is 0.209. The van der Waals surface area contributed by atoms with Crippen molar-refractivity contribution < 1.29 is 22.7 Å². The Balaban J connectivity index is 2.38. The number of benzene rings is 2. The minimum absolute atomic E-state index is 0.220. The predicted octanol–water partition coefficient (Wildman–Crippen LogP) is 3.80. The van der Waals surface area contributed by atoms with E-state index in [2.05, 4.69) is 5.32 Å². The molecular weight excluding hydrogens is 427 g/mol. The first-order valence-electron chi connectivity index (χ1n) is 8.05. The third-order valence-electron chi connectivity index (χ3n) is 3.90. The van der Waals surface area contributed by atoms with Crippen LogP contribution in [0.1, 0.15) is 6.92 Å². The van der Waals surface area contributed by atoms with Gasteiger partial charge >= 0.3 is 0 Å². The Kier molecular flexibility index (Phi) is 7.03. The van der Waals surface area contributed by atoms with Gasteiger partial charge in [-0.25, -0.2) is 8.42 Å². The van der Waals surface area contributed by atoms with Crippen LogP contribution in [0.2, 0.25) is 10.0 Å². The van der Waals surface area contributed by atoms with Crippen LogP contribution < -0.4 is 19.1 Å². The highest BCUT2D eigenvalue weighted by molar-refractivity contribution is 7.92. The number of rotatable bonds is 7. The molecule has 0 saturated carbocycles. The molecule has 1 atom stereocenters. The second-order valence-corrected chi connectivity index (χ2v) is 8.59. The van der Waals surface area contributed by atoms with Crippen molar-refractivity contribution in [3.63, 3.8) is 0 Å². The molecule has 0 aliphatic rings. The molecule has 0 aromatic heterocycles. The summed E-state index contributed by atoms with van der Waals surface area (Å²) in [6.45, 7) is 1.46. The van der Waals surface area contributed by atoms with Crippen molar-refractivity contribution >= 4 is 50.5 Å². The largest absolute Gasteiger partial charge is 0.495 e. The highest BCUT2D eigenvalue weighted by Gasteiger charge is 2.30. The number of halogens is 2. The quantitative estimate of drug-likeness (QED) is 0.698. The van der Waals surface area contributed by atoms with Gasteiger partial charge in [-0.1, -0.05) is 23.2 Å². The summed E-state index contributed by atoms with van der Waals surface area (Å²) in [7, 11) is -0.902. The van der Waals surface area contributed by atoms with Crippen LogP contribution in [0.15, 0.2) is 36.4 Å². The van der Waals surface area contributed by atoms with Crippen LogP contribution in [-0.2, 0) is 14.8 Å². The van der Waals surface area contributed by atoms with E-state index in [1.807, 2.05) is 0 Å². The summed E-state index contributed by atoms with van der Waals surface area (Å²) >= 11 is 12.1. The number of anilines is 2. The van der Waals surface area contributed by atoms with Gasteiger partial charge in [0.2, 0.25) is 15.9 Å². The van der Waals surface area contributed by atoms with E-state index in [0.29, 0.717) is 22.2 Å². The van der Waals surface area contributed by atoms with Crippen molar-refractivity contribution in [2.24, 2.45) is 0 Å². The van der Waals surface area contributed by atoms with Crippen molar-refractivity contribution in [1.29, 1.82) is 0 Å². The average molecular weight is 447 g/mol. The molecule has 7 nitrogen and oxygen atoms in total. The molecule has 2 aromatic rings. The van der Waals surface area contributed by atoms with Crippen molar-refractivity contribution in [2.75, 3.05) is 30.1 Å². The van der Waals surface area contributed by atoms with E-state index in [1.54, 1.807) is 12.1 Å². The first-order valence-corrected chi connectivity index (χ1v) is 10.7. The molecule has 0 aliphatic carbocycles. The van der Waals surface area contributed by atoms with Crippen molar-refractivity contribution in [1.82, 2.24) is 0 Å². The number of hydrogen-bond acceptors (Lipinski definition) is 5. The number of sulfonamides is 1. The lowest BCUT2D eigenvalue weighted by Gasteiger charge is -2.28. The average Bonchev–Trinajstić information content (AvgIpc) is 2.61. The van der Waals surface area contributed by atoms with E-state index >= 15 is 0 Å². The van der Waals surface area contributed by atoms with Crippen LogP contribution >= 0.6 is 23.2 Å². The monoisotopic (exact) mass is 446 g/mol. The number of carbonyl (C=O) groups is 1. The third-order valence-corrected chi connectivity index (χ3v) is 5.67. The summed E-state index contributed by atoms with van der Waals surface area (Å²) in [6, 6.07) is 8.10. The van der Waals surface area contributed by atoms with Gasteiger partial charge in [-0.15, -0.1) is 0 Å². The van der Waals surface area contributed by atoms with Gasteiger partial charge in [-0.2, -0.15) is 0 Å². The van der Waals surface area contributed by atoms with E-state index in [4.69, 9.17) is 32.7 Å². The van der Waals surface area contributed by atoms with Gasteiger partial charge in [-0.3, -0.25) is 9.10 Å². The van der Waals surface area contributed by atoms with E-state index in [1.165, 1.54) is 45.4 Å². The maximum Gasteiger partial charge on any atom is 0.248 e. The lowest BCUT2D eigenvalue weighted by Crippen LogP contribution is -2.45. The van der Waals surface area contributed by atoms with Gasteiger partial charge in [0.05, 0.1) is 36.9 Å². The molecule has 2 rings (SSSR count). The lowest BCUT2D eigenvalue weighted by atomic mass is 10.2. The SMILES string of the molecule is COc1ccc(N([C@@H](C)C(=O)Nc2cc(Cl)ccc2OC)S(C)(=O)=O)cc1Cl. The van der Waals surface area contributed by atoms with Crippen LogP contribution in [0.5, 0.6) is 11.5 Å². The number of nitrogens with zero attached hydrogens (tertiary/aromatic N) is 1. The summed E-state index contributed by atoms with van der Waals surface area (Å²) in [6.07, 6.45) is 1.01. The minimum Gasteiger partial charge on any atom is -0.495 e. The molecule has 0 unspecified atom stereocenters. The van der Waals surface area contributed by atoms with Crippen molar-refractivity contribution in [2.45, 2.75) is 13.0 Å². The number of carbonyl (C=O) groups excluding carboxylic acids is 1. The minimum atomic E-state index is -3.80. The normalized spacial score (nSPS) is 12.2. The molecule has 28 heavy (non-hydrogen) atoms.